The SMILES string of the molecule is O=C(NCc1cccn2nccc12)c1cccc(-c2cn[nH]c2)c1. The Labute approximate surface area is 138 Å². The number of nitrogens with one attached hydrogen (secondary N) is 2. The lowest BCUT2D eigenvalue weighted by Gasteiger charge is -2.08. The normalized spacial score (nSPS) is 10.8. The molecule has 0 aliphatic heterocycles. The van der Waals surface area contributed by atoms with E-state index < -0.39 is 0 Å². The minimum absolute atomic E-state index is 0.109. The summed E-state index contributed by atoms with van der Waals surface area (Å²) in [6.45, 7) is 0.449. The topological polar surface area (TPSA) is 75.1 Å². The summed E-state index contributed by atoms with van der Waals surface area (Å²) >= 11 is 0. The second-order valence-electron chi connectivity index (χ2n) is 5.44. The van der Waals surface area contributed by atoms with Crippen LogP contribution >= 0.6 is 0 Å². The van der Waals surface area contributed by atoms with Gasteiger partial charge in [0.1, 0.15) is 0 Å². The standard InChI is InChI=1S/C18H15N5O/c24-18(14-4-1-3-13(9-14)16-11-20-21-12-16)19-10-15-5-2-8-23-17(15)6-7-22-23/h1-9,11-12H,10H2,(H,19,24)(H,20,21). The van der Waals surface area contributed by atoms with Crippen LogP contribution in [0.5, 0.6) is 0 Å². The third kappa shape index (κ3) is 2.65. The van der Waals surface area contributed by atoms with Gasteiger partial charge < -0.3 is 5.32 Å². The molecule has 4 aromatic rings. The minimum Gasteiger partial charge on any atom is -0.348 e. The van der Waals surface area contributed by atoms with Gasteiger partial charge in [0.2, 0.25) is 0 Å². The van der Waals surface area contributed by atoms with Crippen molar-refractivity contribution in [2.24, 2.45) is 0 Å². The smallest absolute Gasteiger partial charge is 0.251 e. The highest BCUT2D eigenvalue weighted by Gasteiger charge is 2.09. The zero-order valence-corrected chi connectivity index (χ0v) is 12.8. The summed E-state index contributed by atoms with van der Waals surface area (Å²) in [6.07, 6.45) is 7.17. The molecule has 24 heavy (non-hydrogen) atoms. The Morgan fingerprint density at radius 1 is 1.17 bits per heavy atom. The number of hydrogen-bond acceptors (Lipinski definition) is 3. The molecule has 0 saturated heterocycles. The number of carbonyl (C=O) groups excluding carboxylic acids is 1. The zero-order valence-electron chi connectivity index (χ0n) is 12.8. The van der Waals surface area contributed by atoms with Gasteiger partial charge in [0.15, 0.2) is 0 Å². The Morgan fingerprint density at radius 2 is 2.12 bits per heavy atom. The molecule has 0 unspecified atom stereocenters. The van der Waals surface area contributed by atoms with Gasteiger partial charge in [-0.2, -0.15) is 10.2 Å². The number of amides is 1. The molecule has 0 spiro atoms. The predicted molar refractivity (Wildman–Crippen MR) is 90.4 cm³/mol. The molecule has 0 saturated carbocycles. The molecule has 4 rings (SSSR count). The highest BCUT2D eigenvalue weighted by atomic mass is 16.1. The number of aromatic nitrogens is 4. The van der Waals surface area contributed by atoms with Crippen molar-refractivity contribution in [2.45, 2.75) is 6.54 Å². The van der Waals surface area contributed by atoms with E-state index in [1.54, 1.807) is 29.2 Å². The highest BCUT2D eigenvalue weighted by Crippen LogP contribution is 2.19. The van der Waals surface area contributed by atoms with E-state index in [0.717, 1.165) is 22.2 Å². The molecule has 0 aliphatic rings. The van der Waals surface area contributed by atoms with E-state index in [4.69, 9.17) is 0 Å². The molecular formula is C18H15N5O. The lowest BCUT2D eigenvalue weighted by Crippen LogP contribution is -2.23. The summed E-state index contributed by atoms with van der Waals surface area (Å²) in [4.78, 5) is 12.5. The third-order valence-electron chi connectivity index (χ3n) is 3.92. The molecule has 6 nitrogen and oxygen atoms in total. The first-order chi connectivity index (χ1) is 11.8. The van der Waals surface area contributed by atoms with E-state index in [-0.39, 0.29) is 5.91 Å². The number of aromatic amines is 1. The number of H-pyrrole nitrogens is 1. The fourth-order valence-electron chi connectivity index (χ4n) is 2.69. The van der Waals surface area contributed by atoms with Crippen molar-refractivity contribution < 1.29 is 4.79 Å². The van der Waals surface area contributed by atoms with Crippen LogP contribution in [0.3, 0.4) is 0 Å². The number of rotatable bonds is 4. The molecule has 3 aromatic heterocycles. The Balaban J connectivity index is 1.52. The van der Waals surface area contributed by atoms with Crippen molar-refractivity contribution in [3.8, 4) is 11.1 Å². The number of nitrogens with zero attached hydrogens (tertiary/aromatic N) is 3. The van der Waals surface area contributed by atoms with Gasteiger partial charge in [-0.1, -0.05) is 18.2 Å². The highest BCUT2D eigenvalue weighted by molar-refractivity contribution is 5.95. The number of pyridine rings is 1. The van der Waals surface area contributed by atoms with E-state index in [1.807, 2.05) is 42.6 Å². The van der Waals surface area contributed by atoms with Crippen molar-refractivity contribution in [2.75, 3.05) is 0 Å². The van der Waals surface area contributed by atoms with Crippen molar-refractivity contribution in [3.05, 3.63) is 78.4 Å². The van der Waals surface area contributed by atoms with Crippen LogP contribution in [0.4, 0.5) is 0 Å². The van der Waals surface area contributed by atoms with Gasteiger partial charge in [-0.25, -0.2) is 4.52 Å². The van der Waals surface area contributed by atoms with Crippen molar-refractivity contribution in [3.63, 3.8) is 0 Å². The van der Waals surface area contributed by atoms with Crippen LogP contribution < -0.4 is 5.32 Å². The Kier molecular flexibility index (Phi) is 3.55. The summed E-state index contributed by atoms with van der Waals surface area (Å²) in [6, 6.07) is 13.3. The van der Waals surface area contributed by atoms with E-state index in [9.17, 15) is 4.79 Å². The summed E-state index contributed by atoms with van der Waals surface area (Å²) in [7, 11) is 0. The lowest BCUT2D eigenvalue weighted by atomic mass is 10.1. The van der Waals surface area contributed by atoms with Gasteiger partial charge in [0, 0.05) is 36.3 Å². The van der Waals surface area contributed by atoms with Crippen LogP contribution in [0.15, 0.2) is 67.3 Å². The predicted octanol–water partition coefficient (Wildman–Crippen LogP) is 2.65. The number of hydrogen-bond donors (Lipinski definition) is 2. The van der Waals surface area contributed by atoms with Gasteiger partial charge in [0.05, 0.1) is 11.7 Å². The maximum atomic E-state index is 12.5. The first kappa shape index (κ1) is 14.2. The maximum Gasteiger partial charge on any atom is 0.251 e. The van der Waals surface area contributed by atoms with Gasteiger partial charge in [-0.15, -0.1) is 0 Å². The first-order valence-corrected chi connectivity index (χ1v) is 7.60. The molecule has 3 heterocycles. The third-order valence-corrected chi connectivity index (χ3v) is 3.92. The average Bonchev–Trinajstić information content (AvgIpc) is 3.31. The molecule has 6 heteroatoms. The average molecular weight is 317 g/mol. The molecule has 0 fully saturated rings. The fraction of sp³-hybridized carbons (Fsp3) is 0.0556. The second-order valence-corrected chi connectivity index (χ2v) is 5.44. The summed E-state index contributed by atoms with van der Waals surface area (Å²) in [5.74, 6) is -0.109. The first-order valence-electron chi connectivity index (χ1n) is 7.60. The molecule has 0 atom stereocenters. The molecule has 1 aromatic carbocycles. The van der Waals surface area contributed by atoms with Gasteiger partial charge >= 0.3 is 0 Å². The summed E-state index contributed by atoms with van der Waals surface area (Å²) in [5.41, 5.74) is 4.54. The Hall–Kier alpha value is -3.41. The van der Waals surface area contributed by atoms with E-state index in [0.29, 0.717) is 12.1 Å². The number of fused-ring (bicyclic) bond motifs is 1. The molecule has 0 radical (unpaired) electrons. The van der Waals surface area contributed by atoms with Gasteiger partial charge in [-0.05, 0) is 35.4 Å². The van der Waals surface area contributed by atoms with Crippen molar-refractivity contribution in [1.82, 2.24) is 25.1 Å². The quantitative estimate of drug-likeness (QED) is 0.607. The maximum absolute atomic E-state index is 12.5. The lowest BCUT2D eigenvalue weighted by molar-refractivity contribution is 0.0951. The fourth-order valence-corrected chi connectivity index (χ4v) is 2.69. The number of benzene rings is 1. The Bertz CT molecular complexity index is 988. The molecule has 1 amide bonds. The largest absolute Gasteiger partial charge is 0.348 e. The van der Waals surface area contributed by atoms with Crippen molar-refractivity contribution >= 4 is 11.4 Å². The molecular weight excluding hydrogens is 302 g/mol. The van der Waals surface area contributed by atoms with Crippen LogP contribution in [-0.4, -0.2) is 25.7 Å². The summed E-state index contributed by atoms with van der Waals surface area (Å²) in [5, 5.41) is 13.9. The number of carbonyl (C=O) groups is 1. The molecule has 118 valence electrons. The van der Waals surface area contributed by atoms with Crippen LogP contribution in [0.1, 0.15) is 15.9 Å². The van der Waals surface area contributed by atoms with E-state index in [2.05, 4.69) is 20.6 Å². The molecule has 0 aliphatic carbocycles. The molecule has 2 N–H and O–H groups in total. The monoisotopic (exact) mass is 317 g/mol. The second kappa shape index (κ2) is 6.00. The van der Waals surface area contributed by atoms with E-state index >= 15 is 0 Å². The van der Waals surface area contributed by atoms with Crippen molar-refractivity contribution in [1.29, 1.82) is 0 Å². The Morgan fingerprint density at radius 3 is 3.00 bits per heavy atom. The van der Waals surface area contributed by atoms with Crippen LogP contribution in [0.2, 0.25) is 0 Å². The van der Waals surface area contributed by atoms with Gasteiger partial charge in [0.25, 0.3) is 5.91 Å². The molecule has 0 bridgehead atoms. The van der Waals surface area contributed by atoms with Crippen LogP contribution in [0, 0.1) is 0 Å². The van der Waals surface area contributed by atoms with Crippen LogP contribution in [0.25, 0.3) is 16.6 Å². The minimum atomic E-state index is -0.109. The van der Waals surface area contributed by atoms with E-state index in [1.165, 1.54) is 0 Å². The van der Waals surface area contributed by atoms with Gasteiger partial charge in [-0.3, -0.25) is 9.89 Å². The zero-order chi connectivity index (χ0) is 16.4. The van der Waals surface area contributed by atoms with Crippen LogP contribution in [-0.2, 0) is 6.54 Å². The summed E-state index contributed by atoms with van der Waals surface area (Å²) < 4.78 is 1.79.